The van der Waals surface area contributed by atoms with Gasteiger partial charge in [0.25, 0.3) is 0 Å². The highest BCUT2D eigenvalue weighted by molar-refractivity contribution is 5.89. The summed E-state index contributed by atoms with van der Waals surface area (Å²) in [5, 5.41) is 41.0. The molecular formula is C22H26N2O8. The minimum Gasteiger partial charge on any atom is -0.506 e. The van der Waals surface area contributed by atoms with Gasteiger partial charge >= 0.3 is 11.9 Å². The van der Waals surface area contributed by atoms with Crippen LogP contribution in [0.3, 0.4) is 0 Å². The Morgan fingerprint density at radius 3 is 2.22 bits per heavy atom. The number of phenols is 1. The summed E-state index contributed by atoms with van der Waals surface area (Å²) in [6.07, 6.45) is 1.71. The molecule has 10 heteroatoms. The van der Waals surface area contributed by atoms with E-state index in [2.05, 4.69) is 10.6 Å². The summed E-state index contributed by atoms with van der Waals surface area (Å²) in [5.74, 6) is -1.72. The molecular weight excluding hydrogens is 420 g/mol. The third-order valence-electron chi connectivity index (χ3n) is 4.08. The summed E-state index contributed by atoms with van der Waals surface area (Å²) in [6, 6.07) is 12.5. The van der Waals surface area contributed by atoms with Crippen molar-refractivity contribution in [1.29, 1.82) is 0 Å². The molecule has 0 spiro atoms. The molecule has 1 amide bonds. The van der Waals surface area contributed by atoms with E-state index in [-0.39, 0.29) is 11.4 Å². The number of phenolic OH excluding ortho intramolecular Hbond substituents is 1. The van der Waals surface area contributed by atoms with E-state index < -0.39 is 18.0 Å². The Bertz CT molecular complexity index is 897. The van der Waals surface area contributed by atoms with Crippen molar-refractivity contribution in [2.75, 3.05) is 25.5 Å². The number of ether oxygens (including phenoxy) is 1. The van der Waals surface area contributed by atoms with Gasteiger partial charge < -0.3 is 35.8 Å². The second kappa shape index (κ2) is 14.2. The van der Waals surface area contributed by atoms with Crippen LogP contribution in [-0.2, 0) is 20.8 Å². The zero-order chi connectivity index (χ0) is 23.9. The number of carboxylic acids is 2. The number of hydrogen-bond acceptors (Lipinski definition) is 7. The van der Waals surface area contributed by atoms with Crippen LogP contribution in [0.1, 0.15) is 17.2 Å². The number of benzene rings is 2. The summed E-state index contributed by atoms with van der Waals surface area (Å²) in [7, 11) is 1.64. The number of rotatable bonds is 11. The number of carboxylic acid groups (broad SMARTS) is 2. The summed E-state index contributed by atoms with van der Waals surface area (Å²) >= 11 is 0. The van der Waals surface area contributed by atoms with E-state index in [0.29, 0.717) is 30.7 Å². The van der Waals surface area contributed by atoms with Crippen LogP contribution >= 0.6 is 0 Å². The topological polar surface area (TPSA) is 165 Å². The highest BCUT2D eigenvalue weighted by Crippen LogP contribution is 2.26. The summed E-state index contributed by atoms with van der Waals surface area (Å²) in [4.78, 5) is 29.6. The summed E-state index contributed by atoms with van der Waals surface area (Å²) in [6.45, 7) is 1.10. The Kier molecular flexibility index (Phi) is 11.6. The third-order valence-corrected chi connectivity index (χ3v) is 4.08. The van der Waals surface area contributed by atoms with Gasteiger partial charge in [0.1, 0.15) is 11.5 Å². The Hall–Kier alpha value is -3.89. The molecule has 2 rings (SSSR count). The molecule has 10 nitrogen and oxygen atoms in total. The zero-order valence-electron chi connectivity index (χ0n) is 17.4. The molecule has 2 aromatic carbocycles. The van der Waals surface area contributed by atoms with Gasteiger partial charge in [0.2, 0.25) is 6.41 Å². The van der Waals surface area contributed by atoms with Crippen LogP contribution < -0.4 is 15.4 Å². The number of hydrogen-bond donors (Lipinski definition) is 6. The van der Waals surface area contributed by atoms with Gasteiger partial charge in [-0.05, 0) is 48.4 Å². The molecule has 0 fully saturated rings. The maximum absolute atomic E-state index is 10.5. The average Bonchev–Trinajstić information content (AvgIpc) is 2.77. The Morgan fingerprint density at radius 2 is 1.69 bits per heavy atom. The van der Waals surface area contributed by atoms with Crippen LogP contribution in [-0.4, -0.2) is 59.0 Å². The number of carbonyl (C=O) groups is 3. The third kappa shape index (κ3) is 10.2. The van der Waals surface area contributed by atoms with Gasteiger partial charge in [0.15, 0.2) is 0 Å². The van der Waals surface area contributed by atoms with Crippen LogP contribution in [0.5, 0.6) is 11.5 Å². The predicted molar refractivity (Wildman–Crippen MR) is 117 cm³/mol. The molecule has 0 aliphatic carbocycles. The monoisotopic (exact) mass is 446 g/mol. The molecule has 1 unspecified atom stereocenters. The van der Waals surface area contributed by atoms with Gasteiger partial charge in [-0.15, -0.1) is 0 Å². The van der Waals surface area contributed by atoms with Crippen molar-refractivity contribution in [2.45, 2.75) is 12.5 Å². The first-order valence-corrected chi connectivity index (χ1v) is 9.45. The van der Waals surface area contributed by atoms with E-state index in [1.54, 1.807) is 19.2 Å². The molecule has 0 heterocycles. The second-order valence-corrected chi connectivity index (χ2v) is 6.37. The van der Waals surface area contributed by atoms with Crippen molar-refractivity contribution >= 4 is 24.0 Å². The van der Waals surface area contributed by atoms with Crippen molar-refractivity contribution in [3.8, 4) is 11.5 Å². The first-order valence-electron chi connectivity index (χ1n) is 9.45. The number of methoxy groups -OCH3 is 1. The smallest absolute Gasteiger partial charge is 0.328 e. The molecule has 0 saturated heterocycles. The largest absolute Gasteiger partial charge is 0.506 e. The lowest BCUT2D eigenvalue weighted by Gasteiger charge is -2.14. The van der Waals surface area contributed by atoms with Crippen molar-refractivity contribution in [2.24, 2.45) is 0 Å². The predicted octanol–water partition coefficient (Wildman–Crippen LogP) is 1.55. The standard InChI is InChI=1S/C18H22N2O4.C4H4O4/c1-24-15-5-2-13(3-6-15)8-9-19-11-18(23)14-4-7-17(22)16(10-14)20-12-21;5-3(6)1-2-4(7)8/h2-7,10,12,18-19,22-23H,8-9,11H2,1H3,(H,20,21);1-2H,(H,5,6)(H,7,8)/b;2-1+. The number of anilines is 1. The highest BCUT2D eigenvalue weighted by atomic mass is 16.5. The number of aliphatic hydroxyl groups excluding tert-OH is 1. The number of aliphatic carboxylic acids is 2. The fraction of sp³-hybridized carbons (Fsp3) is 0.227. The normalized spacial score (nSPS) is 11.2. The van der Waals surface area contributed by atoms with Crippen molar-refractivity contribution in [3.63, 3.8) is 0 Å². The molecule has 0 radical (unpaired) electrons. The van der Waals surface area contributed by atoms with Gasteiger partial charge in [-0.3, -0.25) is 4.79 Å². The Labute approximate surface area is 184 Å². The van der Waals surface area contributed by atoms with Gasteiger partial charge in [-0.1, -0.05) is 18.2 Å². The van der Waals surface area contributed by atoms with Crippen molar-refractivity contribution in [1.82, 2.24) is 5.32 Å². The van der Waals surface area contributed by atoms with Crippen molar-refractivity contribution < 1.29 is 39.5 Å². The fourth-order valence-electron chi connectivity index (χ4n) is 2.46. The first-order chi connectivity index (χ1) is 15.3. The van der Waals surface area contributed by atoms with Crippen LogP contribution in [0.25, 0.3) is 0 Å². The van der Waals surface area contributed by atoms with Gasteiger partial charge in [0.05, 0.1) is 18.9 Å². The van der Waals surface area contributed by atoms with Gasteiger partial charge in [-0.25, -0.2) is 9.59 Å². The van der Waals surface area contributed by atoms with E-state index in [1.807, 2.05) is 24.3 Å². The van der Waals surface area contributed by atoms with Crippen molar-refractivity contribution in [3.05, 3.63) is 65.7 Å². The molecule has 0 bridgehead atoms. The minimum absolute atomic E-state index is 0.0366. The molecule has 2 aromatic rings. The lowest BCUT2D eigenvalue weighted by molar-refractivity contribution is -0.134. The molecule has 1 atom stereocenters. The van der Waals surface area contributed by atoms with Crippen LogP contribution in [0, 0.1) is 0 Å². The van der Waals surface area contributed by atoms with E-state index in [1.165, 1.54) is 11.6 Å². The molecule has 6 N–H and O–H groups in total. The van der Waals surface area contributed by atoms with Crippen LogP contribution in [0.2, 0.25) is 0 Å². The van der Waals surface area contributed by atoms with E-state index in [4.69, 9.17) is 14.9 Å². The lowest BCUT2D eigenvalue weighted by atomic mass is 10.1. The van der Waals surface area contributed by atoms with Gasteiger partial charge in [0, 0.05) is 18.7 Å². The lowest BCUT2D eigenvalue weighted by Crippen LogP contribution is -2.23. The molecule has 0 aliphatic rings. The van der Waals surface area contributed by atoms with Gasteiger partial charge in [-0.2, -0.15) is 0 Å². The highest BCUT2D eigenvalue weighted by Gasteiger charge is 2.10. The Morgan fingerprint density at radius 1 is 1.06 bits per heavy atom. The SMILES string of the molecule is COc1ccc(CCNCC(O)c2ccc(O)c(NC=O)c2)cc1.O=C(O)/C=C/C(=O)O. The van der Waals surface area contributed by atoms with E-state index in [0.717, 1.165) is 18.7 Å². The molecule has 172 valence electrons. The molecule has 0 saturated carbocycles. The van der Waals surface area contributed by atoms with Crippen LogP contribution in [0.4, 0.5) is 5.69 Å². The number of nitrogens with one attached hydrogen (secondary N) is 2. The van der Waals surface area contributed by atoms with Crippen LogP contribution in [0.15, 0.2) is 54.6 Å². The maximum Gasteiger partial charge on any atom is 0.328 e. The minimum atomic E-state index is -1.26. The summed E-state index contributed by atoms with van der Waals surface area (Å²) < 4.78 is 5.12. The molecule has 0 aliphatic heterocycles. The number of amides is 1. The average molecular weight is 446 g/mol. The number of aliphatic hydroxyl groups is 1. The summed E-state index contributed by atoms with van der Waals surface area (Å²) in [5.41, 5.74) is 2.08. The zero-order valence-corrected chi connectivity index (χ0v) is 17.4. The maximum atomic E-state index is 10.5. The molecule has 32 heavy (non-hydrogen) atoms. The first kappa shape index (κ1) is 26.1. The Balaban J connectivity index is 0.000000547. The quantitative estimate of drug-likeness (QED) is 0.130. The number of carbonyl (C=O) groups excluding carboxylic acids is 1. The second-order valence-electron chi connectivity index (χ2n) is 6.37. The molecule has 0 aromatic heterocycles. The number of aromatic hydroxyl groups is 1. The fourth-order valence-corrected chi connectivity index (χ4v) is 2.46. The van der Waals surface area contributed by atoms with E-state index >= 15 is 0 Å². The van der Waals surface area contributed by atoms with E-state index in [9.17, 15) is 24.6 Å².